The number of carbonyl (C=O) groups is 3. The molecule has 2 fully saturated rings. The molecular weight excluding hydrogens is 376 g/mol. The highest BCUT2D eigenvalue weighted by molar-refractivity contribution is 8.01. The van der Waals surface area contributed by atoms with Gasteiger partial charge in [0.15, 0.2) is 0 Å². The van der Waals surface area contributed by atoms with Gasteiger partial charge in [0, 0.05) is 50.6 Å². The van der Waals surface area contributed by atoms with Gasteiger partial charge in [-0.05, 0) is 25.0 Å². The van der Waals surface area contributed by atoms with Gasteiger partial charge >= 0.3 is 0 Å². The van der Waals surface area contributed by atoms with E-state index in [1.54, 1.807) is 0 Å². The molecule has 3 aliphatic heterocycles. The van der Waals surface area contributed by atoms with E-state index in [4.69, 9.17) is 0 Å². The predicted octanol–water partition coefficient (Wildman–Crippen LogP) is 1.26. The SMILES string of the molecule is O=C1Nc2ccccc2S[C@H]1CC(=O)N1CCN(CC(=O)N2CCCC2)CC1. The average molecular weight is 403 g/mol. The fourth-order valence-electron chi connectivity index (χ4n) is 3.93. The van der Waals surface area contributed by atoms with Crippen LogP contribution < -0.4 is 5.32 Å². The molecule has 0 unspecified atom stereocenters. The summed E-state index contributed by atoms with van der Waals surface area (Å²) in [4.78, 5) is 44.2. The highest BCUT2D eigenvalue weighted by Crippen LogP contribution is 2.36. The van der Waals surface area contributed by atoms with Gasteiger partial charge in [0.25, 0.3) is 0 Å². The lowest BCUT2D eigenvalue weighted by molar-refractivity contribution is -0.135. The second-order valence-corrected chi connectivity index (χ2v) is 8.79. The number of amides is 3. The van der Waals surface area contributed by atoms with Gasteiger partial charge < -0.3 is 15.1 Å². The molecule has 0 bridgehead atoms. The maximum atomic E-state index is 12.7. The standard InChI is InChI=1S/C20H26N4O3S/c25-18(13-17-20(27)21-15-5-1-2-6-16(15)28-17)24-11-9-22(10-12-24)14-19(26)23-7-3-4-8-23/h1-2,5-6,17H,3-4,7-14H2,(H,21,27)/t17-/m0/s1. The van der Waals surface area contributed by atoms with Gasteiger partial charge in [-0.25, -0.2) is 0 Å². The summed E-state index contributed by atoms with van der Waals surface area (Å²) in [7, 11) is 0. The quantitative estimate of drug-likeness (QED) is 0.821. The molecule has 150 valence electrons. The molecule has 0 saturated carbocycles. The van der Waals surface area contributed by atoms with Gasteiger partial charge in [-0.1, -0.05) is 12.1 Å². The summed E-state index contributed by atoms with van der Waals surface area (Å²) in [5.41, 5.74) is 0.817. The first kappa shape index (κ1) is 19.3. The third kappa shape index (κ3) is 4.33. The van der Waals surface area contributed by atoms with Crippen molar-refractivity contribution in [2.75, 3.05) is 51.1 Å². The minimum atomic E-state index is -0.392. The molecule has 4 rings (SSSR count). The number of fused-ring (bicyclic) bond motifs is 1. The van der Waals surface area contributed by atoms with Crippen molar-refractivity contribution in [2.45, 2.75) is 29.4 Å². The molecule has 0 aliphatic carbocycles. The molecule has 1 N–H and O–H groups in total. The van der Waals surface area contributed by atoms with Gasteiger partial charge in [-0.3, -0.25) is 19.3 Å². The first-order valence-corrected chi connectivity index (χ1v) is 10.8. The molecule has 0 aromatic heterocycles. The van der Waals surface area contributed by atoms with Crippen LogP contribution in [0.3, 0.4) is 0 Å². The molecule has 1 aromatic carbocycles. The Hall–Kier alpha value is -2.06. The minimum Gasteiger partial charge on any atom is -0.342 e. The number of hydrogen-bond acceptors (Lipinski definition) is 5. The molecule has 0 spiro atoms. The van der Waals surface area contributed by atoms with Crippen LogP contribution in [0.4, 0.5) is 5.69 Å². The Bertz CT molecular complexity index is 758. The zero-order valence-corrected chi connectivity index (χ0v) is 16.7. The van der Waals surface area contributed by atoms with Crippen molar-refractivity contribution in [1.29, 1.82) is 0 Å². The van der Waals surface area contributed by atoms with Crippen LogP contribution in [0.1, 0.15) is 19.3 Å². The molecule has 0 radical (unpaired) electrons. The van der Waals surface area contributed by atoms with Gasteiger partial charge in [0.2, 0.25) is 17.7 Å². The number of anilines is 1. The molecule has 1 atom stereocenters. The molecule has 1 aromatic rings. The Kier molecular flexibility index (Phi) is 5.87. The largest absolute Gasteiger partial charge is 0.342 e. The Morgan fingerprint density at radius 2 is 1.64 bits per heavy atom. The fraction of sp³-hybridized carbons (Fsp3) is 0.550. The summed E-state index contributed by atoms with van der Waals surface area (Å²) >= 11 is 1.46. The molecule has 3 aliphatic rings. The smallest absolute Gasteiger partial charge is 0.238 e. The summed E-state index contributed by atoms with van der Waals surface area (Å²) in [5, 5.41) is 2.50. The molecule has 8 heteroatoms. The highest BCUT2D eigenvalue weighted by Gasteiger charge is 2.32. The van der Waals surface area contributed by atoms with Crippen molar-refractivity contribution in [2.24, 2.45) is 0 Å². The zero-order chi connectivity index (χ0) is 19.5. The maximum absolute atomic E-state index is 12.7. The van der Waals surface area contributed by atoms with E-state index < -0.39 is 5.25 Å². The fourth-order valence-corrected chi connectivity index (χ4v) is 5.03. The summed E-state index contributed by atoms with van der Waals surface area (Å²) < 4.78 is 0. The normalized spacial score (nSPS) is 22.7. The second-order valence-electron chi connectivity index (χ2n) is 7.54. The van der Waals surface area contributed by atoms with E-state index in [1.165, 1.54) is 11.8 Å². The minimum absolute atomic E-state index is 0.0116. The molecule has 7 nitrogen and oxygen atoms in total. The molecular formula is C20H26N4O3S. The van der Waals surface area contributed by atoms with Crippen molar-refractivity contribution in [1.82, 2.24) is 14.7 Å². The number of likely N-dealkylation sites (tertiary alicyclic amines) is 1. The third-order valence-electron chi connectivity index (χ3n) is 5.61. The van der Waals surface area contributed by atoms with Crippen molar-refractivity contribution in [3.8, 4) is 0 Å². The number of para-hydroxylation sites is 1. The van der Waals surface area contributed by atoms with E-state index in [2.05, 4.69) is 10.2 Å². The zero-order valence-electron chi connectivity index (χ0n) is 15.9. The van der Waals surface area contributed by atoms with Crippen LogP contribution in [0.25, 0.3) is 0 Å². The number of rotatable bonds is 4. The lowest BCUT2D eigenvalue weighted by atomic mass is 10.2. The van der Waals surface area contributed by atoms with E-state index in [1.807, 2.05) is 34.1 Å². The van der Waals surface area contributed by atoms with E-state index in [-0.39, 0.29) is 24.1 Å². The average Bonchev–Trinajstić information content (AvgIpc) is 3.24. The van der Waals surface area contributed by atoms with E-state index >= 15 is 0 Å². The topological polar surface area (TPSA) is 73.0 Å². The van der Waals surface area contributed by atoms with Gasteiger partial charge in [0.1, 0.15) is 0 Å². The van der Waals surface area contributed by atoms with Gasteiger partial charge in [-0.15, -0.1) is 11.8 Å². The predicted molar refractivity (Wildman–Crippen MR) is 108 cm³/mol. The van der Waals surface area contributed by atoms with Crippen LogP contribution in [-0.2, 0) is 14.4 Å². The summed E-state index contributed by atoms with van der Waals surface area (Å²) in [5.74, 6) is 0.107. The van der Waals surface area contributed by atoms with Crippen molar-refractivity contribution in [3.05, 3.63) is 24.3 Å². The van der Waals surface area contributed by atoms with Crippen molar-refractivity contribution < 1.29 is 14.4 Å². The maximum Gasteiger partial charge on any atom is 0.238 e. The number of benzene rings is 1. The van der Waals surface area contributed by atoms with Gasteiger partial charge in [-0.2, -0.15) is 0 Å². The Balaban J connectivity index is 1.25. The van der Waals surface area contributed by atoms with Gasteiger partial charge in [0.05, 0.1) is 17.5 Å². The van der Waals surface area contributed by atoms with Crippen LogP contribution in [0.15, 0.2) is 29.2 Å². The van der Waals surface area contributed by atoms with E-state index in [0.29, 0.717) is 32.7 Å². The molecule has 3 heterocycles. The summed E-state index contributed by atoms with van der Waals surface area (Å²) in [6, 6.07) is 7.66. The van der Waals surface area contributed by atoms with E-state index in [0.717, 1.165) is 36.5 Å². The number of nitrogens with one attached hydrogen (secondary N) is 1. The highest BCUT2D eigenvalue weighted by atomic mass is 32.2. The molecule has 2 saturated heterocycles. The second kappa shape index (κ2) is 8.53. The molecule has 28 heavy (non-hydrogen) atoms. The lowest BCUT2D eigenvalue weighted by Gasteiger charge is -2.35. The van der Waals surface area contributed by atoms with E-state index in [9.17, 15) is 14.4 Å². The number of carbonyl (C=O) groups excluding carboxylic acids is 3. The van der Waals surface area contributed by atoms with Crippen LogP contribution in [0.2, 0.25) is 0 Å². The Morgan fingerprint density at radius 3 is 2.39 bits per heavy atom. The monoisotopic (exact) mass is 402 g/mol. The van der Waals surface area contributed by atoms with Crippen LogP contribution in [-0.4, -0.2) is 83.5 Å². The number of thioether (sulfide) groups is 1. The van der Waals surface area contributed by atoms with Crippen molar-refractivity contribution >= 4 is 35.2 Å². The van der Waals surface area contributed by atoms with Crippen LogP contribution >= 0.6 is 11.8 Å². The first-order valence-electron chi connectivity index (χ1n) is 9.94. The Morgan fingerprint density at radius 1 is 0.964 bits per heavy atom. The van der Waals surface area contributed by atoms with Crippen molar-refractivity contribution in [3.63, 3.8) is 0 Å². The lowest BCUT2D eigenvalue weighted by Crippen LogP contribution is -2.52. The number of hydrogen-bond donors (Lipinski definition) is 1. The Labute approximate surface area is 169 Å². The third-order valence-corrected chi connectivity index (χ3v) is 6.88. The number of piperazine rings is 1. The molecule has 3 amide bonds. The summed E-state index contributed by atoms with van der Waals surface area (Å²) in [6.45, 7) is 4.84. The van der Waals surface area contributed by atoms with Crippen LogP contribution in [0.5, 0.6) is 0 Å². The summed E-state index contributed by atoms with van der Waals surface area (Å²) in [6.07, 6.45) is 2.41. The van der Waals surface area contributed by atoms with Crippen LogP contribution in [0, 0.1) is 0 Å². The first-order chi connectivity index (χ1) is 13.6. The number of nitrogens with zero attached hydrogens (tertiary/aromatic N) is 3.